The fourth-order valence-corrected chi connectivity index (χ4v) is 1.99. The molecular weight excluding hydrogens is 248 g/mol. The minimum Gasteiger partial charge on any atom is -0.477 e. The number of pyridine rings is 1. The summed E-state index contributed by atoms with van der Waals surface area (Å²) >= 11 is 0. The number of amides is 1. The van der Waals surface area contributed by atoms with Gasteiger partial charge in [-0.3, -0.25) is 4.79 Å². The van der Waals surface area contributed by atoms with E-state index in [1.165, 1.54) is 18.2 Å². The highest BCUT2D eigenvalue weighted by Gasteiger charge is 2.16. The summed E-state index contributed by atoms with van der Waals surface area (Å²) in [7, 11) is 0. The number of aromatic nitrogens is 1. The molecule has 1 saturated heterocycles. The zero-order chi connectivity index (χ0) is 13.7. The van der Waals surface area contributed by atoms with Crippen LogP contribution in [0.5, 0.6) is 0 Å². The third-order valence-corrected chi connectivity index (χ3v) is 2.98. The summed E-state index contributed by atoms with van der Waals surface area (Å²) in [6, 6.07) is 4.35. The summed E-state index contributed by atoms with van der Waals surface area (Å²) in [5.74, 6) is -1.50. The second-order valence-electron chi connectivity index (χ2n) is 4.39. The first-order valence-corrected chi connectivity index (χ1v) is 6.27. The van der Waals surface area contributed by atoms with Crippen LogP contribution in [0, 0.1) is 0 Å². The fraction of sp³-hybridized carbons (Fsp3) is 0.462. The molecule has 19 heavy (non-hydrogen) atoms. The second-order valence-corrected chi connectivity index (χ2v) is 4.39. The van der Waals surface area contributed by atoms with Gasteiger partial charge in [0.1, 0.15) is 11.4 Å². The molecule has 1 aliphatic heterocycles. The van der Waals surface area contributed by atoms with Gasteiger partial charge in [-0.2, -0.15) is 0 Å². The highest BCUT2D eigenvalue weighted by atomic mass is 16.5. The molecule has 1 fully saturated rings. The summed E-state index contributed by atoms with van der Waals surface area (Å²) in [5, 5.41) is 11.5. The van der Waals surface area contributed by atoms with Gasteiger partial charge >= 0.3 is 5.97 Å². The van der Waals surface area contributed by atoms with Gasteiger partial charge in [0.25, 0.3) is 5.91 Å². The van der Waals surface area contributed by atoms with Crippen molar-refractivity contribution in [3.8, 4) is 0 Å². The first-order valence-electron chi connectivity index (χ1n) is 6.27. The van der Waals surface area contributed by atoms with Gasteiger partial charge in [0.05, 0.1) is 6.10 Å². The minimum atomic E-state index is -1.14. The summed E-state index contributed by atoms with van der Waals surface area (Å²) in [6.07, 6.45) is 3.09. The van der Waals surface area contributed by atoms with E-state index in [4.69, 9.17) is 9.84 Å². The van der Waals surface area contributed by atoms with E-state index < -0.39 is 5.97 Å². The molecule has 0 aromatic carbocycles. The van der Waals surface area contributed by atoms with Gasteiger partial charge in [0, 0.05) is 13.2 Å². The van der Waals surface area contributed by atoms with E-state index in [0.717, 1.165) is 25.9 Å². The summed E-state index contributed by atoms with van der Waals surface area (Å²) in [6.45, 7) is 1.29. The molecule has 0 bridgehead atoms. The van der Waals surface area contributed by atoms with Gasteiger partial charge in [-0.25, -0.2) is 9.78 Å². The Kier molecular flexibility index (Phi) is 4.46. The Labute approximate surface area is 110 Å². The highest BCUT2D eigenvalue weighted by Crippen LogP contribution is 2.14. The minimum absolute atomic E-state index is 0.118. The zero-order valence-corrected chi connectivity index (χ0v) is 10.5. The number of carbonyl (C=O) groups excluding carboxylic acids is 1. The Morgan fingerprint density at radius 2 is 2.21 bits per heavy atom. The van der Waals surface area contributed by atoms with E-state index in [-0.39, 0.29) is 23.4 Å². The topological polar surface area (TPSA) is 88.5 Å². The number of hydrogen-bond donors (Lipinski definition) is 2. The van der Waals surface area contributed by atoms with E-state index in [0.29, 0.717) is 6.54 Å². The van der Waals surface area contributed by atoms with Crippen molar-refractivity contribution in [2.75, 3.05) is 13.2 Å². The van der Waals surface area contributed by atoms with Crippen LogP contribution >= 0.6 is 0 Å². The molecule has 0 aliphatic carbocycles. The molecule has 2 N–H and O–H groups in total. The first-order chi connectivity index (χ1) is 9.16. The SMILES string of the molecule is O=C(O)c1cccc(C(=O)NCCC2CCCO2)n1. The molecule has 1 amide bonds. The highest BCUT2D eigenvalue weighted by molar-refractivity contribution is 5.94. The number of hydrogen-bond acceptors (Lipinski definition) is 4. The Morgan fingerprint density at radius 1 is 1.42 bits per heavy atom. The molecule has 1 aromatic heterocycles. The molecule has 6 heteroatoms. The van der Waals surface area contributed by atoms with Crippen LogP contribution in [-0.2, 0) is 4.74 Å². The quantitative estimate of drug-likeness (QED) is 0.830. The van der Waals surface area contributed by atoms with E-state index in [1.807, 2.05) is 0 Å². The zero-order valence-electron chi connectivity index (χ0n) is 10.5. The van der Waals surface area contributed by atoms with Crippen LogP contribution in [0.2, 0.25) is 0 Å². The Balaban J connectivity index is 1.85. The molecule has 102 valence electrons. The number of carbonyl (C=O) groups is 2. The van der Waals surface area contributed by atoms with Crippen molar-refractivity contribution in [1.82, 2.24) is 10.3 Å². The Bertz CT molecular complexity index is 469. The lowest BCUT2D eigenvalue weighted by molar-refractivity contribution is 0.0690. The molecule has 0 radical (unpaired) electrons. The third kappa shape index (κ3) is 3.75. The van der Waals surface area contributed by atoms with Crippen LogP contribution in [0.1, 0.15) is 40.2 Å². The Morgan fingerprint density at radius 3 is 2.89 bits per heavy atom. The molecule has 1 aliphatic rings. The molecule has 6 nitrogen and oxygen atoms in total. The number of nitrogens with zero attached hydrogens (tertiary/aromatic N) is 1. The molecule has 1 atom stereocenters. The maximum absolute atomic E-state index is 11.8. The largest absolute Gasteiger partial charge is 0.477 e. The van der Waals surface area contributed by atoms with Crippen LogP contribution in [0.25, 0.3) is 0 Å². The number of nitrogens with one attached hydrogen (secondary N) is 1. The van der Waals surface area contributed by atoms with E-state index in [1.54, 1.807) is 0 Å². The molecule has 1 unspecified atom stereocenters. The van der Waals surface area contributed by atoms with Crippen molar-refractivity contribution in [2.24, 2.45) is 0 Å². The molecular formula is C13H16N2O4. The molecule has 0 saturated carbocycles. The standard InChI is InChI=1S/C13H16N2O4/c16-12(14-7-6-9-3-2-8-19-9)10-4-1-5-11(15-10)13(17)18/h1,4-5,9H,2-3,6-8H2,(H,14,16)(H,17,18). The van der Waals surface area contributed by atoms with Gasteiger partial charge in [-0.05, 0) is 31.4 Å². The molecule has 1 aromatic rings. The van der Waals surface area contributed by atoms with Crippen LogP contribution in [0.15, 0.2) is 18.2 Å². The predicted molar refractivity (Wildman–Crippen MR) is 67.1 cm³/mol. The average molecular weight is 264 g/mol. The smallest absolute Gasteiger partial charge is 0.354 e. The predicted octanol–water partition coefficient (Wildman–Crippen LogP) is 1.08. The van der Waals surface area contributed by atoms with Gasteiger partial charge in [-0.1, -0.05) is 6.07 Å². The normalized spacial score (nSPS) is 18.2. The van der Waals surface area contributed by atoms with Crippen molar-refractivity contribution in [2.45, 2.75) is 25.4 Å². The maximum Gasteiger partial charge on any atom is 0.354 e. The van der Waals surface area contributed by atoms with Crippen LogP contribution in [-0.4, -0.2) is 41.2 Å². The number of ether oxygens (including phenoxy) is 1. The van der Waals surface area contributed by atoms with Crippen molar-refractivity contribution >= 4 is 11.9 Å². The molecule has 2 heterocycles. The molecule has 2 rings (SSSR count). The third-order valence-electron chi connectivity index (χ3n) is 2.98. The fourth-order valence-electron chi connectivity index (χ4n) is 1.99. The van der Waals surface area contributed by atoms with Crippen molar-refractivity contribution in [3.63, 3.8) is 0 Å². The lowest BCUT2D eigenvalue weighted by atomic mass is 10.2. The number of aromatic carboxylic acids is 1. The van der Waals surface area contributed by atoms with Gasteiger partial charge < -0.3 is 15.2 Å². The lowest BCUT2D eigenvalue weighted by Crippen LogP contribution is -2.28. The lowest BCUT2D eigenvalue weighted by Gasteiger charge is -2.09. The number of carboxylic acids is 1. The summed E-state index contributed by atoms with van der Waals surface area (Å²) < 4.78 is 5.45. The van der Waals surface area contributed by atoms with Crippen molar-refractivity contribution < 1.29 is 19.4 Å². The number of rotatable bonds is 5. The van der Waals surface area contributed by atoms with E-state index in [2.05, 4.69) is 10.3 Å². The van der Waals surface area contributed by atoms with Gasteiger partial charge in [0.15, 0.2) is 0 Å². The summed E-state index contributed by atoms with van der Waals surface area (Å²) in [5.41, 5.74) is -0.0148. The van der Waals surface area contributed by atoms with Gasteiger partial charge in [0.2, 0.25) is 0 Å². The monoisotopic (exact) mass is 264 g/mol. The number of carboxylic acid groups (broad SMARTS) is 1. The van der Waals surface area contributed by atoms with Crippen LogP contribution < -0.4 is 5.32 Å². The van der Waals surface area contributed by atoms with Crippen molar-refractivity contribution in [1.29, 1.82) is 0 Å². The second kappa shape index (κ2) is 6.29. The van der Waals surface area contributed by atoms with Gasteiger partial charge in [-0.15, -0.1) is 0 Å². The molecule has 0 spiro atoms. The Hall–Kier alpha value is -1.95. The van der Waals surface area contributed by atoms with Crippen LogP contribution in [0.4, 0.5) is 0 Å². The average Bonchev–Trinajstić information content (AvgIpc) is 2.92. The van der Waals surface area contributed by atoms with E-state index >= 15 is 0 Å². The van der Waals surface area contributed by atoms with Crippen LogP contribution in [0.3, 0.4) is 0 Å². The summed E-state index contributed by atoms with van der Waals surface area (Å²) in [4.78, 5) is 26.3. The van der Waals surface area contributed by atoms with Crippen molar-refractivity contribution in [3.05, 3.63) is 29.6 Å². The first kappa shape index (κ1) is 13.5. The maximum atomic E-state index is 11.8. The van der Waals surface area contributed by atoms with E-state index in [9.17, 15) is 9.59 Å².